The lowest BCUT2D eigenvalue weighted by Gasteiger charge is -2.23. The van der Waals surface area contributed by atoms with Crippen molar-refractivity contribution >= 4 is 11.8 Å². The predicted octanol–water partition coefficient (Wildman–Crippen LogP) is 4.30. The van der Waals surface area contributed by atoms with Crippen LogP contribution in [0.1, 0.15) is 29.2 Å². The second-order valence-electron chi connectivity index (χ2n) is 5.31. The Morgan fingerprint density at radius 2 is 1.91 bits per heavy atom. The van der Waals surface area contributed by atoms with Gasteiger partial charge in [-0.05, 0) is 42.5 Å². The van der Waals surface area contributed by atoms with Gasteiger partial charge < -0.3 is 4.42 Å². The molecule has 1 unspecified atom stereocenters. The SMILES string of the molecule is c1ccc2c(c1)CCCC2Sc1nnc(-c2ccncc2)o1. The number of nitrogens with zero attached hydrogens (tertiary/aromatic N) is 3. The average molecular weight is 309 g/mol. The minimum Gasteiger partial charge on any atom is -0.411 e. The number of hydrogen-bond donors (Lipinski definition) is 0. The van der Waals surface area contributed by atoms with E-state index in [0.717, 1.165) is 12.0 Å². The summed E-state index contributed by atoms with van der Waals surface area (Å²) in [6.07, 6.45) is 6.97. The molecule has 0 saturated heterocycles. The lowest BCUT2D eigenvalue weighted by Crippen LogP contribution is -2.06. The molecule has 0 spiro atoms. The van der Waals surface area contributed by atoms with Gasteiger partial charge in [0.25, 0.3) is 5.22 Å². The summed E-state index contributed by atoms with van der Waals surface area (Å²) in [7, 11) is 0. The summed E-state index contributed by atoms with van der Waals surface area (Å²) in [5.74, 6) is 0.550. The first-order valence-electron chi connectivity index (χ1n) is 7.38. The fourth-order valence-corrected chi connectivity index (χ4v) is 3.92. The summed E-state index contributed by atoms with van der Waals surface area (Å²) in [4.78, 5) is 4.00. The number of pyridine rings is 1. The van der Waals surface area contributed by atoms with Crippen LogP contribution >= 0.6 is 11.8 Å². The van der Waals surface area contributed by atoms with Crippen molar-refractivity contribution < 1.29 is 4.42 Å². The maximum atomic E-state index is 5.80. The normalized spacial score (nSPS) is 17.2. The highest BCUT2D eigenvalue weighted by atomic mass is 32.2. The van der Waals surface area contributed by atoms with Crippen LogP contribution in [-0.4, -0.2) is 15.2 Å². The van der Waals surface area contributed by atoms with E-state index >= 15 is 0 Å². The maximum absolute atomic E-state index is 5.80. The minimum atomic E-state index is 0.399. The topological polar surface area (TPSA) is 51.8 Å². The number of aromatic nitrogens is 3. The van der Waals surface area contributed by atoms with Crippen LogP contribution in [0.3, 0.4) is 0 Å². The van der Waals surface area contributed by atoms with Crippen LogP contribution in [0.4, 0.5) is 0 Å². The zero-order valence-corrected chi connectivity index (χ0v) is 12.8. The molecule has 2 heterocycles. The van der Waals surface area contributed by atoms with Gasteiger partial charge in [0.15, 0.2) is 0 Å². The molecule has 0 aliphatic heterocycles. The summed E-state index contributed by atoms with van der Waals surface area (Å²) >= 11 is 1.67. The Kier molecular flexibility index (Phi) is 3.64. The Balaban J connectivity index is 1.57. The van der Waals surface area contributed by atoms with Gasteiger partial charge in [-0.15, -0.1) is 10.2 Å². The van der Waals surface area contributed by atoms with Gasteiger partial charge in [0.05, 0.1) is 0 Å². The zero-order valence-electron chi connectivity index (χ0n) is 12.0. The molecule has 1 aromatic carbocycles. The molecule has 0 radical (unpaired) electrons. The van der Waals surface area contributed by atoms with E-state index in [2.05, 4.69) is 39.4 Å². The van der Waals surface area contributed by atoms with E-state index in [4.69, 9.17) is 4.42 Å². The molecule has 0 bridgehead atoms. The summed E-state index contributed by atoms with van der Waals surface area (Å²) in [5, 5.41) is 9.36. The molecule has 5 heteroatoms. The van der Waals surface area contributed by atoms with Gasteiger partial charge in [-0.25, -0.2) is 0 Å². The number of benzene rings is 1. The molecule has 1 aliphatic rings. The van der Waals surface area contributed by atoms with Crippen LogP contribution in [0.15, 0.2) is 58.4 Å². The van der Waals surface area contributed by atoms with Crippen molar-refractivity contribution in [2.45, 2.75) is 29.7 Å². The third-order valence-electron chi connectivity index (χ3n) is 3.89. The molecule has 0 N–H and O–H groups in total. The maximum Gasteiger partial charge on any atom is 0.277 e. The largest absolute Gasteiger partial charge is 0.411 e. The molecule has 2 aromatic heterocycles. The molecular weight excluding hydrogens is 294 g/mol. The average Bonchev–Trinajstić information content (AvgIpc) is 3.05. The molecule has 0 amide bonds. The fourth-order valence-electron chi connectivity index (χ4n) is 2.82. The van der Waals surface area contributed by atoms with E-state index in [-0.39, 0.29) is 0 Å². The molecule has 1 aliphatic carbocycles. The van der Waals surface area contributed by atoms with Gasteiger partial charge in [-0.3, -0.25) is 4.98 Å². The predicted molar refractivity (Wildman–Crippen MR) is 85.5 cm³/mol. The molecule has 4 nitrogen and oxygen atoms in total. The highest BCUT2D eigenvalue weighted by molar-refractivity contribution is 7.99. The van der Waals surface area contributed by atoms with E-state index in [1.165, 1.54) is 24.0 Å². The van der Waals surface area contributed by atoms with Crippen molar-refractivity contribution in [1.82, 2.24) is 15.2 Å². The Morgan fingerprint density at radius 3 is 2.82 bits per heavy atom. The fraction of sp³-hybridized carbons (Fsp3) is 0.235. The zero-order chi connectivity index (χ0) is 14.8. The highest BCUT2D eigenvalue weighted by Crippen LogP contribution is 2.43. The quantitative estimate of drug-likeness (QED) is 0.722. The van der Waals surface area contributed by atoms with Gasteiger partial charge in [0, 0.05) is 23.2 Å². The first-order valence-corrected chi connectivity index (χ1v) is 8.26. The van der Waals surface area contributed by atoms with Crippen LogP contribution in [0.25, 0.3) is 11.5 Å². The summed E-state index contributed by atoms with van der Waals surface area (Å²) in [5.41, 5.74) is 3.75. The van der Waals surface area contributed by atoms with Crippen LogP contribution in [0, 0.1) is 0 Å². The lowest BCUT2D eigenvalue weighted by molar-refractivity contribution is 0.463. The van der Waals surface area contributed by atoms with Crippen LogP contribution in [0.2, 0.25) is 0 Å². The number of fused-ring (bicyclic) bond motifs is 1. The van der Waals surface area contributed by atoms with Crippen molar-refractivity contribution in [3.8, 4) is 11.5 Å². The first kappa shape index (κ1) is 13.5. The van der Waals surface area contributed by atoms with Crippen LogP contribution in [-0.2, 0) is 6.42 Å². The minimum absolute atomic E-state index is 0.399. The third kappa shape index (κ3) is 2.64. The molecule has 0 fully saturated rings. The van der Waals surface area contributed by atoms with Gasteiger partial charge >= 0.3 is 0 Å². The van der Waals surface area contributed by atoms with E-state index in [1.54, 1.807) is 24.2 Å². The lowest BCUT2D eigenvalue weighted by atomic mass is 9.91. The van der Waals surface area contributed by atoms with Crippen molar-refractivity contribution in [2.75, 3.05) is 0 Å². The smallest absolute Gasteiger partial charge is 0.277 e. The summed E-state index contributed by atoms with van der Waals surface area (Å²) in [6, 6.07) is 12.4. The number of rotatable bonds is 3. The molecule has 110 valence electrons. The first-order chi connectivity index (χ1) is 10.9. The highest BCUT2D eigenvalue weighted by Gasteiger charge is 2.23. The van der Waals surface area contributed by atoms with Gasteiger partial charge in [-0.2, -0.15) is 0 Å². The second kappa shape index (κ2) is 5.93. The second-order valence-corrected chi connectivity index (χ2v) is 6.46. The van der Waals surface area contributed by atoms with Gasteiger partial charge in [0.1, 0.15) is 0 Å². The molecule has 4 rings (SSSR count). The number of hydrogen-bond acceptors (Lipinski definition) is 5. The van der Waals surface area contributed by atoms with E-state index < -0.39 is 0 Å². The van der Waals surface area contributed by atoms with E-state index in [0.29, 0.717) is 16.4 Å². The standard InChI is InChI=1S/C17H15N3OS/c1-2-6-14-12(4-1)5-3-7-15(14)22-17-20-19-16(21-17)13-8-10-18-11-9-13/h1-2,4,6,8-11,15H,3,5,7H2. The van der Waals surface area contributed by atoms with E-state index in [9.17, 15) is 0 Å². The number of aryl methyl sites for hydroxylation is 1. The third-order valence-corrected chi connectivity index (χ3v) is 5.03. The van der Waals surface area contributed by atoms with Crippen molar-refractivity contribution in [3.63, 3.8) is 0 Å². The van der Waals surface area contributed by atoms with E-state index in [1.807, 2.05) is 12.1 Å². The Hall–Kier alpha value is -2.14. The molecule has 1 atom stereocenters. The Morgan fingerprint density at radius 1 is 1.05 bits per heavy atom. The Bertz CT molecular complexity index is 772. The molecule has 22 heavy (non-hydrogen) atoms. The monoisotopic (exact) mass is 309 g/mol. The summed E-state index contributed by atoms with van der Waals surface area (Å²) < 4.78 is 5.80. The van der Waals surface area contributed by atoms with Crippen LogP contribution in [0.5, 0.6) is 0 Å². The van der Waals surface area contributed by atoms with Crippen molar-refractivity contribution in [2.24, 2.45) is 0 Å². The molecular formula is C17H15N3OS. The number of thioether (sulfide) groups is 1. The van der Waals surface area contributed by atoms with Crippen molar-refractivity contribution in [1.29, 1.82) is 0 Å². The van der Waals surface area contributed by atoms with Gasteiger partial charge in [-0.1, -0.05) is 36.0 Å². The Labute approximate surface area is 133 Å². The molecule has 0 saturated carbocycles. The summed E-state index contributed by atoms with van der Waals surface area (Å²) in [6.45, 7) is 0. The van der Waals surface area contributed by atoms with Crippen LogP contribution < -0.4 is 0 Å². The van der Waals surface area contributed by atoms with Gasteiger partial charge in [0.2, 0.25) is 5.89 Å². The van der Waals surface area contributed by atoms with Crippen molar-refractivity contribution in [3.05, 3.63) is 59.9 Å². The molecule has 3 aromatic rings.